The van der Waals surface area contributed by atoms with Gasteiger partial charge in [0, 0.05) is 11.3 Å². The fourth-order valence-corrected chi connectivity index (χ4v) is 1.19. The molecule has 0 saturated heterocycles. The van der Waals surface area contributed by atoms with E-state index in [1.54, 1.807) is 12.1 Å². The Balaban J connectivity index is 2.95. The molecule has 0 fully saturated rings. The van der Waals surface area contributed by atoms with E-state index < -0.39 is 0 Å². The van der Waals surface area contributed by atoms with E-state index in [0.717, 1.165) is 24.0 Å². The first-order valence-corrected chi connectivity index (χ1v) is 4.60. The number of allylic oxidation sites excluding steroid dienone is 2. The Morgan fingerprint density at radius 2 is 2.14 bits per heavy atom. The molecule has 1 aromatic carbocycles. The molecule has 2 N–H and O–H groups in total. The van der Waals surface area contributed by atoms with Crippen LogP contribution < -0.4 is 5.73 Å². The highest BCUT2D eigenvalue weighted by molar-refractivity contribution is 5.76. The van der Waals surface area contributed by atoms with Gasteiger partial charge in [0.25, 0.3) is 0 Å². The highest BCUT2D eigenvalue weighted by atomic mass is 16.1. The van der Waals surface area contributed by atoms with Crippen molar-refractivity contribution in [2.24, 2.45) is 0 Å². The highest BCUT2D eigenvalue weighted by Gasteiger charge is 1.98. The van der Waals surface area contributed by atoms with Gasteiger partial charge >= 0.3 is 0 Å². The third kappa shape index (κ3) is 2.73. The SMILES string of the molecule is CC(C)=CCc1cc(C=O)ccc1N. The Labute approximate surface area is 84.4 Å². The average Bonchev–Trinajstić information content (AvgIpc) is 2.16. The molecule has 74 valence electrons. The van der Waals surface area contributed by atoms with Gasteiger partial charge in [-0.2, -0.15) is 0 Å². The van der Waals surface area contributed by atoms with E-state index >= 15 is 0 Å². The van der Waals surface area contributed by atoms with Crippen LogP contribution in [-0.2, 0) is 6.42 Å². The van der Waals surface area contributed by atoms with Gasteiger partial charge in [-0.25, -0.2) is 0 Å². The Morgan fingerprint density at radius 3 is 2.71 bits per heavy atom. The van der Waals surface area contributed by atoms with Crippen LogP contribution in [0.1, 0.15) is 29.8 Å². The second-order valence-electron chi connectivity index (χ2n) is 3.56. The molecule has 0 bridgehead atoms. The van der Waals surface area contributed by atoms with Crippen molar-refractivity contribution in [2.45, 2.75) is 20.3 Å². The molecule has 14 heavy (non-hydrogen) atoms. The standard InChI is InChI=1S/C12H15NO/c1-9(2)3-5-11-7-10(8-14)4-6-12(11)13/h3-4,6-8H,5,13H2,1-2H3. The van der Waals surface area contributed by atoms with Gasteiger partial charge in [-0.05, 0) is 44.0 Å². The number of benzene rings is 1. The number of rotatable bonds is 3. The minimum Gasteiger partial charge on any atom is -0.398 e. The lowest BCUT2D eigenvalue weighted by atomic mass is 10.1. The summed E-state index contributed by atoms with van der Waals surface area (Å²) in [6.07, 6.45) is 3.72. The molecule has 0 radical (unpaired) electrons. The zero-order valence-corrected chi connectivity index (χ0v) is 8.58. The fourth-order valence-electron chi connectivity index (χ4n) is 1.19. The molecule has 0 unspecified atom stereocenters. The van der Waals surface area contributed by atoms with E-state index in [-0.39, 0.29) is 0 Å². The quantitative estimate of drug-likeness (QED) is 0.451. The smallest absolute Gasteiger partial charge is 0.150 e. The van der Waals surface area contributed by atoms with Crippen molar-refractivity contribution >= 4 is 12.0 Å². The molecule has 2 heteroatoms. The van der Waals surface area contributed by atoms with Crippen LogP contribution in [0.4, 0.5) is 5.69 Å². The van der Waals surface area contributed by atoms with Gasteiger partial charge < -0.3 is 5.73 Å². The van der Waals surface area contributed by atoms with Crippen LogP contribution in [0.3, 0.4) is 0 Å². The molecule has 0 atom stereocenters. The zero-order valence-electron chi connectivity index (χ0n) is 8.58. The highest BCUT2D eigenvalue weighted by Crippen LogP contribution is 2.14. The predicted molar refractivity (Wildman–Crippen MR) is 59.4 cm³/mol. The number of nitrogens with two attached hydrogens (primary N) is 1. The molecule has 1 rings (SSSR count). The predicted octanol–water partition coefficient (Wildman–Crippen LogP) is 2.59. The van der Waals surface area contributed by atoms with Crippen LogP contribution in [0.2, 0.25) is 0 Å². The van der Waals surface area contributed by atoms with Crippen molar-refractivity contribution < 1.29 is 4.79 Å². The van der Waals surface area contributed by atoms with Crippen LogP contribution in [0.15, 0.2) is 29.8 Å². The van der Waals surface area contributed by atoms with Gasteiger partial charge in [0.15, 0.2) is 0 Å². The lowest BCUT2D eigenvalue weighted by molar-refractivity contribution is 0.112. The summed E-state index contributed by atoms with van der Waals surface area (Å²) in [5, 5.41) is 0. The van der Waals surface area contributed by atoms with E-state index in [1.165, 1.54) is 5.57 Å². The van der Waals surface area contributed by atoms with E-state index in [4.69, 9.17) is 5.73 Å². The van der Waals surface area contributed by atoms with Crippen LogP contribution in [0.5, 0.6) is 0 Å². The topological polar surface area (TPSA) is 43.1 Å². The molecule has 0 aliphatic heterocycles. The van der Waals surface area contributed by atoms with Gasteiger partial charge in [0.2, 0.25) is 0 Å². The van der Waals surface area contributed by atoms with Crippen molar-refractivity contribution in [3.63, 3.8) is 0 Å². The summed E-state index contributed by atoms with van der Waals surface area (Å²) in [5.41, 5.74) is 9.47. The molecule has 0 saturated carbocycles. The van der Waals surface area contributed by atoms with Gasteiger partial charge in [-0.1, -0.05) is 11.6 Å². The lowest BCUT2D eigenvalue weighted by Gasteiger charge is -2.03. The zero-order chi connectivity index (χ0) is 10.6. The number of hydrogen-bond donors (Lipinski definition) is 1. The molecular weight excluding hydrogens is 174 g/mol. The maximum Gasteiger partial charge on any atom is 0.150 e. The molecule has 0 aromatic heterocycles. The third-order valence-corrected chi connectivity index (χ3v) is 2.03. The van der Waals surface area contributed by atoms with Crippen LogP contribution in [0.25, 0.3) is 0 Å². The number of hydrogen-bond acceptors (Lipinski definition) is 2. The molecule has 0 aliphatic rings. The van der Waals surface area contributed by atoms with Crippen molar-refractivity contribution in [3.8, 4) is 0 Å². The summed E-state index contributed by atoms with van der Waals surface area (Å²) in [6, 6.07) is 5.34. The maximum atomic E-state index is 10.6. The molecule has 0 amide bonds. The number of carbonyl (C=O) groups is 1. The summed E-state index contributed by atoms with van der Waals surface area (Å²) >= 11 is 0. The Bertz CT molecular complexity index is 363. The van der Waals surface area contributed by atoms with Gasteiger partial charge in [0.05, 0.1) is 0 Å². The largest absolute Gasteiger partial charge is 0.398 e. The van der Waals surface area contributed by atoms with Gasteiger partial charge in [0.1, 0.15) is 6.29 Å². The maximum absolute atomic E-state index is 10.6. The molecule has 1 aromatic rings. The van der Waals surface area contributed by atoms with Crippen LogP contribution in [-0.4, -0.2) is 6.29 Å². The molecular formula is C12H15NO. The number of anilines is 1. The summed E-state index contributed by atoms with van der Waals surface area (Å²) in [6.45, 7) is 4.08. The van der Waals surface area contributed by atoms with Crippen LogP contribution >= 0.6 is 0 Å². The average molecular weight is 189 g/mol. The number of aldehydes is 1. The molecule has 0 spiro atoms. The first-order valence-electron chi connectivity index (χ1n) is 4.60. The second-order valence-corrected chi connectivity index (χ2v) is 3.56. The minimum atomic E-state index is 0.677. The molecule has 0 heterocycles. The first kappa shape index (κ1) is 10.5. The van der Waals surface area contributed by atoms with E-state index in [2.05, 4.69) is 6.08 Å². The van der Waals surface area contributed by atoms with E-state index in [0.29, 0.717) is 5.56 Å². The second kappa shape index (κ2) is 4.61. The molecule has 0 aliphatic carbocycles. The lowest BCUT2D eigenvalue weighted by Crippen LogP contribution is -1.95. The Kier molecular flexibility index (Phi) is 3.46. The van der Waals surface area contributed by atoms with Gasteiger partial charge in [-0.15, -0.1) is 0 Å². The van der Waals surface area contributed by atoms with E-state index in [9.17, 15) is 4.79 Å². The van der Waals surface area contributed by atoms with Crippen molar-refractivity contribution in [2.75, 3.05) is 5.73 Å². The summed E-state index contributed by atoms with van der Waals surface area (Å²) in [4.78, 5) is 10.6. The Morgan fingerprint density at radius 1 is 1.43 bits per heavy atom. The van der Waals surface area contributed by atoms with Crippen molar-refractivity contribution in [1.29, 1.82) is 0 Å². The summed E-state index contributed by atoms with van der Waals surface area (Å²) < 4.78 is 0. The monoisotopic (exact) mass is 189 g/mol. The summed E-state index contributed by atoms with van der Waals surface area (Å²) in [5.74, 6) is 0. The van der Waals surface area contributed by atoms with Crippen molar-refractivity contribution in [3.05, 3.63) is 41.0 Å². The third-order valence-electron chi connectivity index (χ3n) is 2.03. The Hall–Kier alpha value is -1.57. The summed E-state index contributed by atoms with van der Waals surface area (Å²) in [7, 11) is 0. The number of carbonyl (C=O) groups excluding carboxylic acids is 1. The van der Waals surface area contributed by atoms with Crippen LogP contribution in [0, 0.1) is 0 Å². The van der Waals surface area contributed by atoms with E-state index in [1.807, 2.05) is 19.9 Å². The number of nitrogen functional groups attached to an aromatic ring is 1. The minimum absolute atomic E-state index is 0.677. The van der Waals surface area contributed by atoms with Gasteiger partial charge in [-0.3, -0.25) is 4.79 Å². The fraction of sp³-hybridized carbons (Fsp3) is 0.250. The van der Waals surface area contributed by atoms with Crippen molar-refractivity contribution in [1.82, 2.24) is 0 Å². The normalized spacial score (nSPS) is 9.57. The molecule has 2 nitrogen and oxygen atoms in total. The first-order chi connectivity index (χ1) is 6.63.